The quantitative estimate of drug-likeness (QED) is 0.526. The van der Waals surface area contributed by atoms with Crippen LogP contribution in [0.2, 0.25) is 58.9 Å². The van der Waals surface area contributed by atoms with E-state index in [2.05, 4.69) is 39.3 Å². The lowest BCUT2D eigenvalue weighted by Crippen LogP contribution is -2.81. The van der Waals surface area contributed by atoms with Gasteiger partial charge < -0.3 is 20.4 Å². The minimum Gasteiger partial charge on any atom is -0.396 e. The zero-order chi connectivity index (χ0) is 17.5. The van der Waals surface area contributed by atoms with Crippen LogP contribution < -0.4 is 0 Å². The smallest absolute Gasteiger partial charge is 0.0792 e. The standard InChI is InChI=1S/C14H36O4Si3/c1-19(2,3)12(17)13(10-15,11-16)14(18,20(4,5)6)21(7,8)9/h12,15-18H,10-11H2,1-9H3. The summed E-state index contributed by atoms with van der Waals surface area (Å²) in [5.41, 5.74) is -2.10. The van der Waals surface area contributed by atoms with Crippen LogP contribution >= 0.6 is 0 Å². The van der Waals surface area contributed by atoms with Gasteiger partial charge in [0.2, 0.25) is 0 Å². The van der Waals surface area contributed by atoms with Crippen molar-refractivity contribution in [2.24, 2.45) is 5.41 Å². The van der Waals surface area contributed by atoms with Crippen LogP contribution in [-0.2, 0) is 0 Å². The van der Waals surface area contributed by atoms with Crippen molar-refractivity contribution in [3.63, 3.8) is 0 Å². The van der Waals surface area contributed by atoms with Crippen molar-refractivity contribution in [3.05, 3.63) is 0 Å². The monoisotopic (exact) mass is 352 g/mol. The highest BCUT2D eigenvalue weighted by Crippen LogP contribution is 2.48. The van der Waals surface area contributed by atoms with Crippen molar-refractivity contribution < 1.29 is 20.4 Å². The summed E-state index contributed by atoms with van der Waals surface area (Å²) in [5, 5.41) is 43.1. The van der Waals surface area contributed by atoms with E-state index in [1.807, 2.05) is 19.6 Å². The molecular weight excluding hydrogens is 316 g/mol. The number of rotatable bonds is 7. The average Bonchev–Trinajstić information content (AvgIpc) is 2.26. The zero-order valence-electron chi connectivity index (χ0n) is 15.3. The molecule has 0 saturated carbocycles. The highest BCUT2D eigenvalue weighted by atomic mass is 28.4. The van der Waals surface area contributed by atoms with E-state index >= 15 is 0 Å². The molecule has 0 spiro atoms. The summed E-state index contributed by atoms with van der Waals surface area (Å²) < 4.78 is 0. The molecule has 0 aromatic heterocycles. The molecule has 1 atom stereocenters. The van der Waals surface area contributed by atoms with Crippen LogP contribution in [0.4, 0.5) is 0 Å². The summed E-state index contributed by atoms with van der Waals surface area (Å²) in [6, 6.07) is 0. The van der Waals surface area contributed by atoms with Crippen molar-refractivity contribution >= 4 is 24.2 Å². The molecule has 0 aliphatic heterocycles. The molecular formula is C14H36O4Si3. The first-order valence-electron chi connectivity index (χ1n) is 7.65. The first-order valence-corrected chi connectivity index (χ1v) is 18.2. The molecule has 21 heavy (non-hydrogen) atoms. The molecule has 4 nitrogen and oxygen atoms in total. The fraction of sp³-hybridized carbons (Fsp3) is 1.00. The Labute approximate surface area is 133 Å². The van der Waals surface area contributed by atoms with E-state index in [0.29, 0.717) is 0 Å². The second kappa shape index (κ2) is 6.18. The fourth-order valence-electron chi connectivity index (χ4n) is 4.10. The molecule has 0 aromatic carbocycles. The third-order valence-electron chi connectivity index (χ3n) is 4.80. The molecule has 0 saturated heterocycles. The van der Waals surface area contributed by atoms with Crippen LogP contribution in [-0.4, -0.2) is 68.4 Å². The van der Waals surface area contributed by atoms with Gasteiger partial charge in [-0.15, -0.1) is 0 Å². The van der Waals surface area contributed by atoms with Crippen LogP contribution in [0.3, 0.4) is 0 Å². The predicted molar refractivity (Wildman–Crippen MR) is 97.6 cm³/mol. The maximum atomic E-state index is 11.8. The molecule has 7 heteroatoms. The lowest BCUT2D eigenvalue weighted by atomic mass is 9.90. The van der Waals surface area contributed by atoms with Crippen LogP contribution in [0, 0.1) is 5.41 Å². The van der Waals surface area contributed by atoms with E-state index in [-0.39, 0.29) is 13.2 Å². The van der Waals surface area contributed by atoms with Crippen molar-refractivity contribution in [1.82, 2.24) is 0 Å². The van der Waals surface area contributed by atoms with Crippen molar-refractivity contribution in [2.75, 3.05) is 13.2 Å². The SMILES string of the molecule is C[Si](C)(C)C(O)C(CO)(CO)C(O)([Si](C)(C)C)[Si](C)(C)C. The number of aliphatic hydroxyl groups is 4. The van der Waals surface area contributed by atoms with E-state index < -0.39 is 40.2 Å². The van der Waals surface area contributed by atoms with Gasteiger partial charge >= 0.3 is 0 Å². The van der Waals surface area contributed by atoms with Crippen LogP contribution in [0.5, 0.6) is 0 Å². The summed E-state index contributed by atoms with van der Waals surface area (Å²) in [7, 11) is -6.50. The molecule has 0 bridgehead atoms. The largest absolute Gasteiger partial charge is 0.396 e. The topological polar surface area (TPSA) is 80.9 Å². The molecule has 4 N–H and O–H groups in total. The Bertz CT molecular complexity index is 335. The summed E-state index contributed by atoms with van der Waals surface area (Å²) in [4.78, 5) is -1.17. The van der Waals surface area contributed by atoms with Gasteiger partial charge in [-0.1, -0.05) is 58.9 Å². The van der Waals surface area contributed by atoms with Crippen molar-refractivity contribution in [3.8, 4) is 0 Å². The zero-order valence-corrected chi connectivity index (χ0v) is 18.3. The van der Waals surface area contributed by atoms with E-state index in [0.717, 1.165) is 0 Å². The number of aliphatic hydroxyl groups excluding tert-OH is 3. The lowest BCUT2D eigenvalue weighted by molar-refractivity contribution is -0.0983. The summed E-state index contributed by atoms with van der Waals surface area (Å²) in [6.07, 6.45) is 0. The Morgan fingerprint density at radius 2 is 1.05 bits per heavy atom. The van der Waals surface area contributed by atoms with Gasteiger partial charge in [0.1, 0.15) is 0 Å². The Morgan fingerprint density at radius 1 is 0.762 bits per heavy atom. The average molecular weight is 353 g/mol. The molecule has 0 rings (SSSR count). The summed E-state index contributed by atoms with van der Waals surface area (Å²) >= 11 is 0. The van der Waals surface area contributed by atoms with Gasteiger partial charge in [0.05, 0.1) is 53.4 Å². The van der Waals surface area contributed by atoms with Crippen LogP contribution in [0.15, 0.2) is 0 Å². The van der Waals surface area contributed by atoms with E-state index in [9.17, 15) is 20.4 Å². The highest BCUT2D eigenvalue weighted by Gasteiger charge is 2.67. The molecule has 0 heterocycles. The third-order valence-corrected chi connectivity index (χ3v) is 16.8. The minimum atomic E-state index is -2.21. The fourth-order valence-corrected chi connectivity index (χ4v) is 19.0. The molecule has 0 aliphatic carbocycles. The normalized spacial score (nSPS) is 17.0. The second-order valence-electron chi connectivity index (χ2n) is 9.45. The van der Waals surface area contributed by atoms with Crippen LogP contribution in [0.25, 0.3) is 0 Å². The van der Waals surface area contributed by atoms with E-state index in [4.69, 9.17) is 0 Å². The number of hydrogen-bond acceptors (Lipinski definition) is 4. The second-order valence-corrected chi connectivity index (χ2v) is 25.7. The van der Waals surface area contributed by atoms with Gasteiger partial charge in [-0.2, -0.15) is 0 Å². The van der Waals surface area contributed by atoms with Crippen molar-refractivity contribution in [1.29, 1.82) is 0 Å². The minimum absolute atomic E-state index is 0.389. The van der Waals surface area contributed by atoms with E-state index in [1.54, 1.807) is 0 Å². The van der Waals surface area contributed by atoms with Gasteiger partial charge in [0.25, 0.3) is 0 Å². The van der Waals surface area contributed by atoms with Crippen molar-refractivity contribution in [2.45, 2.75) is 69.5 Å². The van der Waals surface area contributed by atoms with Gasteiger partial charge in [0, 0.05) is 0 Å². The summed E-state index contributed by atoms with van der Waals surface area (Å²) in [6.45, 7) is 17.6. The Hall–Kier alpha value is 0.491. The molecule has 0 aliphatic rings. The molecule has 0 aromatic rings. The molecule has 1 unspecified atom stereocenters. The Morgan fingerprint density at radius 3 is 1.19 bits per heavy atom. The Kier molecular flexibility index (Phi) is 6.32. The predicted octanol–water partition coefficient (Wildman–Crippen LogP) is 1.68. The third kappa shape index (κ3) is 3.39. The Balaban J connectivity index is 6.51. The maximum Gasteiger partial charge on any atom is 0.0792 e. The van der Waals surface area contributed by atoms with E-state index in [1.165, 1.54) is 0 Å². The first kappa shape index (κ1) is 21.5. The molecule has 0 fully saturated rings. The highest BCUT2D eigenvalue weighted by molar-refractivity contribution is 6.98. The first-order chi connectivity index (χ1) is 9.03. The van der Waals surface area contributed by atoms with Gasteiger partial charge in [-0.3, -0.25) is 0 Å². The van der Waals surface area contributed by atoms with Gasteiger partial charge in [-0.25, -0.2) is 0 Å². The molecule has 128 valence electrons. The van der Waals surface area contributed by atoms with Gasteiger partial charge in [0.15, 0.2) is 0 Å². The van der Waals surface area contributed by atoms with Gasteiger partial charge in [-0.05, 0) is 0 Å². The maximum absolute atomic E-state index is 11.8. The molecule has 0 amide bonds. The number of hydrogen-bond donors (Lipinski definition) is 4. The van der Waals surface area contributed by atoms with Crippen LogP contribution in [0.1, 0.15) is 0 Å². The lowest BCUT2D eigenvalue weighted by Gasteiger charge is -2.61. The molecule has 0 radical (unpaired) electrons. The summed E-state index contributed by atoms with van der Waals surface area (Å²) in [5.74, 6) is 0.